The van der Waals surface area contributed by atoms with Gasteiger partial charge in [0.05, 0.1) is 0 Å². The summed E-state index contributed by atoms with van der Waals surface area (Å²) in [6.07, 6.45) is 3.22. The van der Waals surface area contributed by atoms with Gasteiger partial charge < -0.3 is 4.90 Å². The summed E-state index contributed by atoms with van der Waals surface area (Å²) in [7, 11) is -6.68. The van der Waals surface area contributed by atoms with Crippen molar-refractivity contribution >= 4 is 10.1 Å². The van der Waals surface area contributed by atoms with Crippen molar-refractivity contribution in [2.75, 3.05) is 19.6 Å². The van der Waals surface area contributed by atoms with Crippen LogP contribution in [0, 0.1) is 11.8 Å². The molecule has 2 aliphatic rings. The molecule has 2 fully saturated rings. The summed E-state index contributed by atoms with van der Waals surface area (Å²) in [6, 6.07) is 0. The first-order valence-corrected chi connectivity index (χ1v) is 9.56. The van der Waals surface area contributed by atoms with Gasteiger partial charge in [0.15, 0.2) is 0 Å². The minimum absolute atomic E-state index is 0.288. The molecule has 1 aliphatic carbocycles. The third kappa shape index (κ3) is 3.92. The summed E-state index contributed by atoms with van der Waals surface area (Å²) in [4.78, 5) is 1.53. The lowest BCUT2D eigenvalue weighted by Crippen LogP contribution is -2.58. The van der Waals surface area contributed by atoms with E-state index in [1.807, 2.05) is 0 Å². The Labute approximate surface area is 142 Å². The minimum Gasteiger partial charge on any atom is -0.303 e. The van der Waals surface area contributed by atoms with Crippen LogP contribution >= 0.6 is 0 Å². The molecule has 4 nitrogen and oxygen atoms in total. The van der Waals surface area contributed by atoms with E-state index in [1.54, 1.807) is 0 Å². The van der Waals surface area contributed by atoms with Crippen molar-refractivity contribution in [2.45, 2.75) is 55.6 Å². The Hall–Kier alpha value is -0.550. The van der Waals surface area contributed by atoms with Crippen LogP contribution in [0.3, 0.4) is 0 Å². The van der Waals surface area contributed by atoms with Crippen LogP contribution in [0.15, 0.2) is 0 Å². The molecule has 11 heteroatoms. The van der Waals surface area contributed by atoms with Crippen LogP contribution in [0.2, 0.25) is 0 Å². The maximum atomic E-state index is 13.7. The number of likely N-dealkylation sites (tertiary alicyclic amines) is 1. The van der Waals surface area contributed by atoms with Crippen molar-refractivity contribution in [3.05, 3.63) is 0 Å². The highest BCUT2D eigenvalue weighted by molar-refractivity contribution is 7.87. The molecular weight excluding hydrogens is 376 g/mol. The average molecular weight is 397 g/mol. The maximum absolute atomic E-state index is 13.7. The van der Waals surface area contributed by atoms with Crippen LogP contribution in [0.25, 0.3) is 0 Å². The third-order valence-corrected chi connectivity index (χ3v) is 6.17. The molecule has 2 rings (SSSR count). The first-order chi connectivity index (χ1) is 11.3. The van der Waals surface area contributed by atoms with E-state index in [-0.39, 0.29) is 5.92 Å². The zero-order valence-corrected chi connectivity index (χ0v) is 14.2. The topological polar surface area (TPSA) is 57.6 Å². The van der Waals surface area contributed by atoms with E-state index in [2.05, 4.69) is 0 Å². The van der Waals surface area contributed by atoms with Gasteiger partial charge in [-0.15, -0.1) is 0 Å². The molecule has 0 spiro atoms. The number of hydrogen-bond acceptors (Lipinski definition) is 3. The fourth-order valence-corrected chi connectivity index (χ4v) is 4.18. The molecule has 0 amide bonds. The number of halogens is 6. The Bertz CT molecular complexity index is 583. The number of alkyl halides is 6. The Kier molecular flexibility index (Phi) is 5.71. The Morgan fingerprint density at radius 1 is 0.960 bits per heavy atom. The summed E-state index contributed by atoms with van der Waals surface area (Å²) < 4.78 is 109. The molecule has 1 heterocycles. The minimum atomic E-state index is -6.68. The summed E-state index contributed by atoms with van der Waals surface area (Å²) in [6.45, 7) is 0.311. The zero-order valence-electron chi connectivity index (χ0n) is 13.4. The molecule has 2 atom stereocenters. The van der Waals surface area contributed by atoms with Crippen molar-refractivity contribution in [3.8, 4) is 0 Å². The third-order valence-electron chi connectivity index (χ3n) is 5.27. The first kappa shape index (κ1) is 20.8. The summed E-state index contributed by atoms with van der Waals surface area (Å²) in [5.74, 6) is -10.7. The largest absolute Gasteiger partial charge is 0.437 e. The molecule has 1 aliphatic heterocycles. The van der Waals surface area contributed by atoms with Crippen LogP contribution < -0.4 is 0 Å². The monoisotopic (exact) mass is 397 g/mol. The first-order valence-electron chi connectivity index (χ1n) is 8.12. The van der Waals surface area contributed by atoms with Crippen molar-refractivity contribution in [1.29, 1.82) is 0 Å². The van der Waals surface area contributed by atoms with Gasteiger partial charge in [0.25, 0.3) is 0 Å². The van der Waals surface area contributed by atoms with Gasteiger partial charge in [0.1, 0.15) is 0 Å². The second-order valence-electron chi connectivity index (χ2n) is 6.91. The fraction of sp³-hybridized carbons (Fsp3) is 1.00. The maximum Gasteiger partial charge on any atom is 0.437 e. The lowest BCUT2D eigenvalue weighted by Gasteiger charge is -2.42. The summed E-state index contributed by atoms with van der Waals surface area (Å²) in [5.41, 5.74) is 0. The molecule has 0 aromatic rings. The van der Waals surface area contributed by atoms with Crippen LogP contribution in [0.1, 0.15) is 38.5 Å². The smallest absolute Gasteiger partial charge is 0.303 e. The van der Waals surface area contributed by atoms with Crippen LogP contribution in [0.4, 0.5) is 26.3 Å². The second kappa shape index (κ2) is 6.88. The highest BCUT2D eigenvalue weighted by Crippen LogP contribution is 2.49. The SMILES string of the molecule is O=S(=O)(O)C(F)(F)C(F)(F)C(F)(F)CCN1CCC2CCCCC2C1. The van der Waals surface area contributed by atoms with Crippen LogP contribution in [0.5, 0.6) is 0 Å². The molecule has 148 valence electrons. The molecule has 0 aromatic heterocycles. The molecule has 2 unspecified atom stereocenters. The lowest BCUT2D eigenvalue weighted by atomic mass is 9.75. The number of fused-ring (bicyclic) bond motifs is 1. The van der Waals surface area contributed by atoms with Gasteiger partial charge in [-0.1, -0.05) is 19.3 Å². The molecule has 1 N–H and O–H groups in total. The average Bonchev–Trinajstić information content (AvgIpc) is 2.51. The zero-order chi connectivity index (χ0) is 19.1. The molecular formula is C14H21F6NO3S. The molecule has 1 saturated heterocycles. The molecule has 0 aromatic carbocycles. The second-order valence-corrected chi connectivity index (χ2v) is 8.38. The highest BCUT2D eigenvalue weighted by Gasteiger charge is 2.77. The van der Waals surface area contributed by atoms with E-state index in [9.17, 15) is 34.8 Å². The molecule has 25 heavy (non-hydrogen) atoms. The molecule has 0 radical (unpaired) electrons. The Morgan fingerprint density at radius 3 is 2.08 bits per heavy atom. The van der Waals surface area contributed by atoms with Gasteiger partial charge >= 0.3 is 27.2 Å². The highest BCUT2D eigenvalue weighted by atomic mass is 32.2. The van der Waals surface area contributed by atoms with E-state index in [4.69, 9.17) is 4.55 Å². The van der Waals surface area contributed by atoms with Crippen LogP contribution in [-0.2, 0) is 10.1 Å². The lowest BCUT2D eigenvalue weighted by molar-refractivity contribution is -0.283. The number of piperidine rings is 1. The van der Waals surface area contributed by atoms with Crippen LogP contribution in [-0.4, -0.2) is 54.6 Å². The van der Waals surface area contributed by atoms with E-state index < -0.39 is 40.2 Å². The van der Waals surface area contributed by atoms with Gasteiger partial charge in [0, 0.05) is 19.5 Å². The summed E-state index contributed by atoms with van der Waals surface area (Å²) in [5, 5.41) is -6.26. The Morgan fingerprint density at radius 2 is 1.52 bits per heavy atom. The predicted octanol–water partition coefficient (Wildman–Crippen LogP) is 3.64. The molecule has 0 bridgehead atoms. The quantitative estimate of drug-likeness (QED) is 0.549. The normalized spacial score (nSPS) is 27.2. The molecule has 1 saturated carbocycles. The van der Waals surface area contributed by atoms with Crippen molar-refractivity contribution in [2.24, 2.45) is 11.8 Å². The number of nitrogens with zero attached hydrogens (tertiary/aromatic N) is 1. The van der Waals surface area contributed by atoms with Gasteiger partial charge in [0.2, 0.25) is 0 Å². The van der Waals surface area contributed by atoms with E-state index in [0.29, 0.717) is 19.0 Å². The van der Waals surface area contributed by atoms with E-state index in [1.165, 1.54) is 4.90 Å². The Balaban J connectivity index is 2.01. The fourth-order valence-electron chi connectivity index (χ4n) is 3.71. The van der Waals surface area contributed by atoms with Gasteiger partial charge in [-0.05, 0) is 31.2 Å². The van der Waals surface area contributed by atoms with Crippen molar-refractivity contribution in [3.63, 3.8) is 0 Å². The standard InChI is InChI=1S/C14H21F6NO3S/c15-12(16,13(17,18)14(19,20)25(22,23)24)6-8-21-7-5-10-3-1-2-4-11(10)9-21/h10-11H,1-9H2,(H,22,23,24). The van der Waals surface area contributed by atoms with Crippen molar-refractivity contribution < 1.29 is 39.3 Å². The van der Waals surface area contributed by atoms with Gasteiger partial charge in [-0.2, -0.15) is 34.8 Å². The summed E-state index contributed by atoms with van der Waals surface area (Å²) >= 11 is 0. The van der Waals surface area contributed by atoms with Gasteiger partial charge in [-0.25, -0.2) is 0 Å². The number of hydrogen-bond donors (Lipinski definition) is 1. The van der Waals surface area contributed by atoms with Gasteiger partial charge in [-0.3, -0.25) is 4.55 Å². The predicted molar refractivity (Wildman–Crippen MR) is 77.5 cm³/mol. The van der Waals surface area contributed by atoms with E-state index >= 15 is 0 Å². The number of rotatable bonds is 6. The van der Waals surface area contributed by atoms with Crippen molar-refractivity contribution in [1.82, 2.24) is 4.90 Å². The van der Waals surface area contributed by atoms with E-state index in [0.717, 1.165) is 32.1 Å².